The van der Waals surface area contributed by atoms with Gasteiger partial charge in [0.25, 0.3) is 0 Å². The number of aromatic nitrogens is 1. The lowest BCUT2D eigenvalue weighted by Crippen LogP contribution is -2.45. The third kappa shape index (κ3) is 6.19. The van der Waals surface area contributed by atoms with E-state index in [1.54, 1.807) is 0 Å². The largest absolute Gasteiger partial charge is 0.492 e. The summed E-state index contributed by atoms with van der Waals surface area (Å²) in [6, 6.07) is 10.7. The highest BCUT2D eigenvalue weighted by atomic mass is 16.5. The van der Waals surface area contributed by atoms with Gasteiger partial charge in [0.15, 0.2) is 0 Å². The van der Waals surface area contributed by atoms with Gasteiger partial charge in [0.1, 0.15) is 12.4 Å². The Labute approximate surface area is 187 Å². The molecule has 0 radical (unpaired) electrons. The van der Waals surface area contributed by atoms with Crippen LogP contribution in [0.4, 0.5) is 5.69 Å². The number of nitrogens with zero attached hydrogens (tertiary/aromatic N) is 5. The van der Waals surface area contributed by atoms with E-state index in [0.717, 1.165) is 77.8 Å². The minimum absolute atomic E-state index is 0.760. The van der Waals surface area contributed by atoms with Crippen molar-refractivity contribution in [2.45, 2.75) is 19.9 Å². The molecule has 0 spiro atoms. The van der Waals surface area contributed by atoms with Crippen molar-refractivity contribution in [3.8, 4) is 5.75 Å². The van der Waals surface area contributed by atoms with Gasteiger partial charge in [0.2, 0.25) is 0 Å². The van der Waals surface area contributed by atoms with E-state index in [2.05, 4.69) is 68.9 Å². The molecule has 31 heavy (non-hydrogen) atoms. The van der Waals surface area contributed by atoms with Crippen LogP contribution >= 0.6 is 0 Å². The number of hydrogen-bond acceptors (Lipinski definition) is 6. The summed E-state index contributed by atoms with van der Waals surface area (Å²) in [5, 5.41) is 0. The average Bonchev–Trinajstić information content (AvgIpc) is 3.02. The molecule has 0 bridgehead atoms. The third-order valence-corrected chi connectivity index (χ3v) is 6.55. The fourth-order valence-electron chi connectivity index (χ4n) is 4.56. The van der Waals surface area contributed by atoms with E-state index in [0.29, 0.717) is 0 Å². The number of piperazine rings is 1. The van der Waals surface area contributed by atoms with E-state index in [1.165, 1.54) is 23.2 Å². The van der Waals surface area contributed by atoms with Gasteiger partial charge in [-0.2, -0.15) is 0 Å². The molecule has 3 heterocycles. The maximum atomic E-state index is 6.25. The van der Waals surface area contributed by atoms with Crippen LogP contribution in [0.25, 0.3) is 0 Å². The Morgan fingerprint density at radius 3 is 2.55 bits per heavy atom. The number of rotatable bonds is 7. The predicted octanol–water partition coefficient (Wildman–Crippen LogP) is 2.73. The highest BCUT2D eigenvalue weighted by Crippen LogP contribution is 2.23. The second-order valence-corrected chi connectivity index (χ2v) is 8.88. The maximum absolute atomic E-state index is 6.25. The first-order chi connectivity index (χ1) is 15.2. The summed E-state index contributed by atoms with van der Waals surface area (Å²) in [5.74, 6) is 1.04. The lowest BCUT2D eigenvalue weighted by molar-refractivity contribution is 0.133. The fraction of sp³-hybridized carbons (Fsp3) is 0.560. The first kappa shape index (κ1) is 22.1. The third-order valence-electron chi connectivity index (χ3n) is 6.55. The van der Waals surface area contributed by atoms with Crippen LogP contribution in [0, 0.1) is 6.92 Å². The number of hydrogen-bond donors (Lipinski definition) is 0. The van der Waals surface area contributed by atoms with E-state index in [-0.39, 0.29) is 0 Å². The van der Waals surface area contributed by atoms with Crippen molar-refractivity contribution in [1.82, 2.24) is 19.7 Å². The minimum Gasteiger partial charge on any atom is -0.492 e. The van der Waals surface area contributed by atoms with Gasteiger partial charge < -0.3 is 14.5 Å². The van der Waals surface area contributed by atoms with Crippen molar-refractivity contribution in [2.75, 3.05) is 77.5 Å². The van der Waals surface area contributed by atoms with Gasteiger partial charge in [-0.3, -0.25) is 14.8 Å². The molecule has 0 amide bonds. The molecule has 2 aromatic rings. The molecule has 6 heteroatoms. The van der Waals surface area contributed by atoms with Crippen LogP contribution in [0.2, 0.25) is 0 Å². The number of likely N-dealkylation sites (N-methyl/N-ethyl adjacent to an activating group) is 1. The predicted molar refractivity (Wildman–Crippen MR) is 127 cm³/mol. The molecule has 0 unspecified atom stereocenters. The molecular formula is C25H37N5O. The van der Waals surface area contributed by atoms with Gasteiger partial charge in [-0.15, -0.1) is 0 Å². The Kier molecular flexibility index (Phi) is 7.78. The highest BCUT2D eigenvalue weighted by Gasteiger charge is 2.18. The zero-order valence-corrected chi connectivity index (χ0v) is 19.2. The van der Waals surface area contributed by atoms with Crippen molar-refractivity contribution in [3.63, 3.8) is 0 Å². The van der Waals surface area contributed by atoms with Crippen molar-refractivity contribution >= 4 is 5.69 Å². The van der Waals surface area contributed by atoms with Crippen LogP contribution in [-0.2, 0) is 6.54 Å². The number of anilines is 1. The second-order valence-electron chi connectivity index (χ2n) is 8.88. The van der Waals surface area contributed by atoms with Crippen molar-refractivity contribution < 1.29 is 4.74 Å². The molecule has 1 aromatic carbocycles. The molecule has 168 valence electrons. The van der Waals surface area contributed by atoms with E-state index in [1.807, 2.05) is 12.4 Å². The topological polar surface area (TPSA) is 35.1 Å². The molecule has 2 fully saturated rings. The Hall–Kier alpha value is -2.15. The minimum atomic E-state index is 0.760. The zero-order chi connectivity index (χ0) is 21.5. The van der Waals surface area contributed by atoms with Gasteiger partial charge in [-0.25, -0.2) is 0 Å². The molecule has 0 saturated carbocycles. The number of pyridine rings is 1. The summed E-state index contributed by atoms with van der Waals surface area (Å²) in [6.45, 7) is 13.8. The molecule has 6 nitrogen and oxygen atoms in total. The lowest BCUT2D eigenvalue weighted by atomic mass is 10.2. The summed E-state index contributed by atoms with van der Waals surface area (Å²) < 4.78 is 6.25. The van der Waals surface area contributed by atoms with Crippen molar-refractivity contribution in [1.29, 1.82) is 0 Å². The molecule has 0 N–H and O–H groups in total. The summed E-state index contributed by atoms with van der Waals surface area (Å²) in [4.78, 5) is 14.2. The van der Waals surface area contributed by atoms with Gasteiger partial charge in [-0.05, 0) is 38.1 Å². The Morgan fingerprint density at radius 1 is 0.903 bits per heavy atom. The molecule has 2 aliphatic heterocycles. The van der Waals surface area contributed by atoms with Gasteiger partial charge >= 0.3 is 0 Å². The van der Waals surface area contributed by atoms with Crippen LogP contribution in [0.1, 0.15) is 17.5 Å². The number of aryl methyl sites for hydroxylation is 1. The Bertz CT molecular complexity index is 821. The fourth-order valence-corrected chi connectivity index (χ4v) is 4.56. The smallest absolute Gasteiger partial charge is 0.123 e. The van der Waals surface area contributed by atoms with Crippen LogP contribution in [0.5, 0.6) is 5.75 Å². The average molecular weight is 424 g/mol. The standard InChI is InChI=1S/C25H37N5O/c1-22-20-26-9-8-24(22)30-11-5-10-29(16-17-30)21-23-6-3-4-7-25(23)31-19-18-28-14-12-27(2)13-15-28/h3-4,6-9,20H,5,10-19,21H2,1-2H3. The first-order valence-electron chi connectivity index (χ1n) is 11.7. The summed E-state index contributed by atoms with van der Waals surface area (Å²) in [7, 11) is 2.20. The number of benzene rings is 1. The van der Waals surface area contributed by atoms with Crippen LogP contribution in [0.15, 0.2) is 42.7 Å². The van der Waals surface area contributed by atoms with Crippen LogP contribution in [0.3, 0.4) is 0 Å². The van der Waals surface area contributed by atoms with Gasteiger partial charge in [0, 0.05) is 89.1 Å². The van der Waals surface area contributed by atoms with E-state index in [4.69, 9.17) is 4.74 Å². The van der Waals surface area contributed by atoms with Crippen LogP contribution < -0.4 is 9.64 Å². The van der Waals surface area contributed by atoms with E-state index >= 15 is 0 Å². The zero-order valence-electron chi connectivity index (χ0n) is 19.2. The van der Waals surface area contributed by atoms with Gasteiger partial charge in [-0.1, -0.05) is 18.2 Å². The molecule has 0 aliphatic carbocycles. The summed E-state index contributed by atoms with van der Waals surface area (Å²) in [5.41, 5.74) is 3.88. The summed E-state index contributed by atoms with van der Waals surface area (Å²) >= 11 is 0. The quantitative estimate of drug-likeness (QED) is 0.681. The Morgan fingerprint density at radius 2 is 1.71 bits per heavy atom. The molecular weight excluding hydrogens is 386 g/mol. The molecule has 1 aromatic heterocycles. The van der Waals surface area contributed by atoms with Crippen molar-refractivity contribution in [2.24, 2.45) is 0 Å². The molecule has 2 saturated heterocycles. The SMILES string of the molecule is Cc1cnccc1N1CCCN(Cc2ccccc2OCCN2CCN(C)CC2)CC1. The number of para-hydroxylation sites is 1. The van der Waals surface area contributed by atoms with Crippen molar-refractivity contribution in [3.05, 3.63) is 53.9 Å². The van der Waals surface area contributed by atoms with Crippen LogP contribution in [-0.4, -0.2) is 92.2 Å². The highest BCUT2D eigenvalue weighted by molar-refractivity contribution is 5.51. The first-order valence-corrected chi connectivity index (χ1v) is 11.7. The lowest BCUT2D eigenvalue weighted by Gasteiger charge is -2.32. The maximum Gasteiger partial charge on any atom is 0.123 e. The van der Waals surface area contributed by atoms with Gasteiger partial charge in [0.05, 0.1) is 0 Å². The molecule has 4 rings (SSSR count). The number of ether oxygens (including phenoxy) is 1. The monoisotopic (exact) mass is 423 g/mol. The molecule has 2 aliphatic rings. The normalized spacial score (nSPS) is 19.4. The second kappa shape index (κ2) is 10.9. The summed E-state index contributed by atoms with van der Waals surface area (Å²) in [6.07, 6.45) is 5.04. The van der Waals surface area contributed by atoms with E-state index < -0.39 is 0 Å². The Balaban J connectivity index is 1.29. The molecule has 0 atom stereocenters. The van der Waals surface area contributed by atoms with E-state index in [9.17, 15) is 0 Å².